The predicted octanol–water partition coefficient (Wildman–Crippen LogP) is 8.88. The minimum Gasteiger partial charge on any atom is -0.465 e. The van der Waals surface area contributed by atoms with E-state index in [0.29, 0.717) is 22.7 Å². The maximum Gasteiger partial charge on any atom is 0.317 e. The van der Waals surface area contributed by atoms with Crippen LogP contribution in [0.15, 0.2) is 137 Å². The van der Waals surface area contributed by atoms with Crippen LogP contribution in [-0.4, -0.2) is 18.3 Å². The van der Waals surface area contributed by atoms with Gasteiger partial charge in [-0.3, -0.25) is 4.79 Å². The number of halogens is 1. The summed E-state index contributed by atoms with van der Waals surface area (Å²) in [5, 5.41) is 7.80. The lowest BCUT2D eigenvalue weighted by atomic mass is 9.87. The number of furan rings is 1. The van der Waals surface area contributed by atoms with Gasteiger partial charge in [-0.25, -0.2) is 9.38 Å². The van der Waals surface area contributed by atoms with E-state index in [-0.39, 0.29) is 12.4 Å². The van der Waals surface area contributed by atoms with E-state index in [9.17, 15) is 9.18 Å². The average Bonchev–Trinajstić information content (AvgIpc) is 3.56. The summed E-state index contributed by atoms with van der Waals surface area (Å²) in [5.41, 5.74) is 2.55. The van der Waals surface area contributed by atoms with Crippen LogP contribution in [0, 0.1) is 11.7 Å². The van der Waals surface area contributed by atoms with Gasteiger partial charge in [0.15, 0.2) is 0 Å². The van der Waals surface area contributed by atoms with Gasteiger partial charge >= 0.3 is 5.97 Å². The third kappa shape index (κ3) is 5.79. The molecule has 0 amide bonds. The highest BCUT2D eigenvalue weighted by Crippen LogP contribution is 2.34. The van der Waals surface area contributed by atoms with Crippen LogP contribution in [0.2, 0.25) is 0 Å². The molecule has 2 atom stereocenters. The van der Waals surface area contributed by atoms with E-state index in [4.69, 9.17) is 14.1 Å². The molecule has 0 aliphatic heterocycles. The van der Waals surface area contributed by atoms with Crippen LogP contribution in [0.25, 0.3) is 21.5 Å². The predicted molar refractivity (Wildman–Crippen MR) is 166 cm³/mol. The topological polar surface area (TPSA) is 63.8 Å². The lowest BCUT2D eigenvalue weighted by molar-refractivity contribution is -0.146. The summed E-state index contributed by atoms with van der Waals surface area (Å²) in [6, 6.07) is 37.0. The number of aliphatic imine (C=N–C) groups is 1. The van der Waals surface area contributed by atoms with E-state index in [2.05, 4.69) is 5.32 Å². The van der Waals surface area contributed by atoms with Crippen LogP contribution in [0.4, 0.5) is 15.8 Å². The Balaban J connectivity index is 1.52. The molecule has 0 saturated carbocycles. The van der Waals surface area contributed by atoms with Gasteiger partial charge in [0, 0.05) is 5.69 Å². The van der Waals surface area contributed by atoms with Crippen molar-refractivity contribution in [3.63, 3.8) is 0 Å². The first kappa shape index (κ1) is 27.0. The molecule has 0 radical (unpaired) electrons. The van der Waals surface area contributed by atoms with Crippen LogP contribution in [0.1, 0.15) is 24.3 Å². The SMILES string of the molecule is CCOC(=O)C(C(=Nc1ccc2ccccc2c1)c1ccco1)C(Nc1ccc2ccccc2c1)c1ccc(F)cc1. The van der Waals surface area contributed by atoms with Gasteiger partial charge in [0.25, 0.3) is 0 Å². The van der Waals surface area contributed by atoms with E-state index in [1.165, 1.54) is 12.1 Å². The maximum absolute atomic E-state index is 14.1. The van der Waals surface area contributed by atoms with Crippen molar-refractivity contribution < 1.29 is 18.3 Å². The number of nitrogens with one attached hydrogen (secondary N) is 1. The van der Waals surface area contributed by atoms with Gasteiger partial charge in [0.1, 0.15) is 23.2 Å². The molecule has 1 aromatic heterocycles. The minimum absolute atomic E-state index is 0.183. The molecule has 0 aliphatic carbocycles. The number of rotatable bonds is 9. The van der Waals surface area contributed by atoms with Gasteiger partial charge in [-0.15, -0.1) is 0 Å². The highest BCUT2D eigenvalue weighted by Gasteiger charge is 2.38. The van der Waals surface area contributed by atoms with Gasteiger partial charge in [0.05, 0.1) is 24.6 Å². The van der Waals surface area contributed by atoms with Crippen molar-refractivity contribution in [3.8, 4) is 0 Å². The molecule has 6 aromatic rings. The Kier molecular flexibility index (Phi) is 7.77. The molecule has 42 heavy (non-hydrogen) atoms. The van der Waals surface area contributed by atoms with Crippen LogP contribution < -0.4 is 5.32 Å². The number of nitrogens with zero attached hydrogens (tertiary/aromatic N) is 1. The van der Waals surface area contributed by atoms with Crippen LogP contribution in [-0.2, 0) is 9.53 Å². The molecule has 0 aliphatic rings. The quantitative estimate of drug-likeness (QED) is 0.143. The number of esters is 1. The zero-order chi connectivity index (χ0) is 28.9. The first-order valence-corrected chi connectivity index (χ1v) is 13.9. The molecule has 5 nitrogen and oxygen atoms in total. The van der Waals surface area contributed by atoms with Crippen molar-refractivity contribution in [3.05, 3.63) is 145 Å². The molecule has 0 spiro atoms. The van der Waals surface area contributed by atoms with E-state index < -0.39 is 17.9 Å². The van der Waals surface area contributed by atoms with E-state index in [1.807, 2.05) is 84.9 Å². The molecule has 1 heterocycles. The van der Waals surface area contributed by atoms with Crippen molar-refractivity contribution in [2.45, 2.75) is 13.0 Å². The molecule has 0 saturated heterocycles. The van der Waals surface area contributed by atoms with E-state index in [0.717, 1.165) is 27.2 Å². The van der Waals surface area contributed by atoms with Gasteiger partial charge in [-0.2, -0.15) is 0 Å². The minimum atomic E-state index is -0.945. The van der Waals surface area contributed by atoms with E-state index in [1.54, 1.807) is 37.5 Å². The number of hydrogen-bond acceptors (Lipinski definition) is 5. The number of benzene rings is 5. The summed E-state index contributed by atoms with van der Waals surface area (Å²) in [5.74, 6) is -1.35. The molecule has 0 fully saturated rings. The second-order valence-electron chi connectivity index (χ2n) is 9.97. The lowest BCUT2D eigenvalue weighted by Gasteiger charge is -2.29. The number of carbonyl (C=O) groups excluding carboxylic acids is 1. The summed E-state index contributed by atoms with van der Waals surface area (Å²) in [4.78, 5) is 18.9. The standard InChI is InChI=1S/C36H29FN2O3/c1-2-41-36(40)33(35(32-12-7-21-42-32)39-31-20-16-25-9-4-6-11-28(25)23-31)34(26-13-17-29(37)18-14-26)38-30-19-15-24-8-3-5-10-27(24)22-30/h3-23,33-34,38H,2H2,1H3. The largest absolute Gasteiger partial charge is 0.465 e. The van der Waals surface area contributed by atoms with Crippen LogP contribution >= 0.6 is 0 Å². The molecule has 5 aromatic carbocycles. The fourth-order valence-corrected chi connectivity index (χ4v) is 5.21. The average molecular weight is 557 g/mol. The second kappa shape index (κ2) is 12.1. The van der Waals surface area contributed by atoms with Crippen molar-refractivity contribution in [2.75, 3.05) is 11.9 Å². The maximum atomic E-state index is 14.1. The number of fused-ring (bicyclic) bond motifs is 2. The van der Waals surface area contributed by atoms with Gasteiger partial charge in [-0.05, 0) is 82.6 Å². The van der Waals surface area contributed by atoms with Crippen LogP contribution in [0.3, 0.4) is 0 Å². The number of carbonyl (C=O) groups is 1. The molecular formula is C36H29FN2O3. The fraction of sp³-hybridized carbons (Fsp3) is 0.111. The fourth-order valence-electron chi connectivity index (χ4n) is 5.21. The normalized spacial score (nSPS) is 13.1. The Hall–Kier alpha value is -5.23. The second-order valence-corrected chi connectivity index (χ2v) is 9.97. The third-order valence-electron chi connectivity index (χ3n) is 7.23. The Bertz CT molecular complexity index is 1860. The van der Waals surface area contributed by atoms with E-state index >= 15 is 0 Å². The monoisotopic (exact) mass is 556 g/mol. The summed E-state index contributed by atoms with van der Waals surface area (Å²) >= 11 is 0. The highest BCUT2D eigenvalue weighted by atomic mass is 19.1. The lowest BCUT2D eigenvalue weighted by Crippen LogP contribution is -2.36. The molecular weight excluding hydrogens is 527 g/mol. The summed E-state index contributed by atoms with van der Waals surface area (Å²) in [6.07, 6.45) is 1.55. The van der Waals surface area contributed by atoms with Gasteiger partial charge in [0.2, 0.25) is 0 Å². The molecule has 208 valence electrons. The summed E-state index contributed by atoms with van der Waals surface area (Å²) in [6.45, 7) is 1.95. The molecule has 1 N–H and O–H groups in total. The zero-order valence-corrected chi connectivity index (χ0v) is 23.0. The van der Waals surface area contributed by atoms with Crippen molar-refractivity contribution in [2.24, 2.45) is 10.9 Å². The molecule has 6 heteroatoms. The summed E-state index contributed by atoms with van der Waals surface area (Å²) < 4.78 is 25.6. The first-order chi connectivity index (χ1) is 20.6. The zero-order valence-electron chi connectivity index (χ0n) is 23.0. The Morgan fingerprint density at radius 3 is 2.14 bits per heavy atom. The Morgan fingerprint density at radius 1 is 0.810 bits per heavy atom. The Morgan fingerprint density at radius 2 is 1.48 bits per heavy atom. The Labute approximate surface area is 243 Å². The van der Waals surface area contributed by atoms with Gasteiger partial charge in [-0.1, -0.05) is 72.8 Å². The van der Waals surface area contributed by atoms with Gasteiger partial charge < -0.3 is 14.5 Å². The van der Waals surface area contributed by atoms with Crippen molar-refractivity contribution in [1.82, 2.24) is 0 Å². The highest BCUT2D eigenvalue weighted by molar-refractivity contribution is 6.12. The summed E-state index contributed by atoms with van der Waals surface area (Å²) in [7, 11) is 0. The smallest absolute Gasteiger partial charge is 0.317 e. The molecule has 2 unspecified atom stereocenters. The molecule has 6 rings (SSSR count). The third-order valence-corrected chi connectivity index (χ3v) is 7.23. The number of ether oxygens (including phenoxy) is 1. The van der Waals surface area contributed by atoms with Crippen LogP contribution in [0.5, 0.6) is 0 Å². The van der Waals surface area contributed by atoms with Crippen molar-refractivity contribution in [1.29, 1.82) is 0 Å². The van der Waals surface area contributed by atoms with Crippen molar-refractivity contribution >= 4 is 44.6 Å². The number of anilines is 1. The first-order valence-electron chi connectivity index (χ1n) is 13.9. The number of hydrogen-bond donors (Lipinski definition) is 1. The molecule has 0 bridgehead atoms.